The van der Waals surface area contributed by atoms with Gasteiger partial charge in [-0.2, -0.15) is 0 Å². The van der Waals surface area contributed by atoms with Crippen molar-refractivity contribution < 1.29 is 19.8 Å². The molecule has 1 aliphatic rings. The van der Waals surface area contributed by atoms with E-state index in [0.717, 1.165) is 6.42 Å². The zero-order valence-corrected chi connectivity index (χ0v) is 12.9. The average Bonchev–Trinajstić information content (AvgIpc) is 3.06. The van der Waals surface area contributed by atoms with Crippen LogP contribution in [0.1, 0.15) is 18.2 Å². The lowest BCUT2D eigenvalue weighted by Gasteiger charge is -2.31. The van der Waals surface area contributed by atoms with E-state index in [4.69, 9.17) is 5.11 Å². The molecule has 0 saturated carbocycles. The normalized spacial score (nSPS) is 23.1. The highest BCUT2D eigenvalue weighted by atomic mass is 32.1. The first-order chi connectivity index (χ1) is 9.90. The minimum absolute atomic E-state index is 0.0386. The van der Waals surface area contributed by atoms with Gasteiger partial charge in [-0.1, -0.05) is 6.07 Å². The van der Waals surface area contributed by atoms with Gasteiger partial charge in [-0.3, -0.25) is 0 Å². The minimum Gasteiger partial charge on any atom is -0.480 e. The largest absolute Gasteiger partial charge is 0.480 e. The van der Waals surface area contributed by atoms with E-state index in [1.165, 1.54) is 9.78 Å². The molecule has 6 nitrogen and oxygen atoms in total. The van der Waals surface area contributed by atoms with Crippen LogP contribution >= 0.6 is 11.3 Å². The van der Waals surface area contributed by atoms with Gasteiger partial charge in [0.2, 0.25) is 0 Å². The van der Waals surface area contributed by atoms with E-state index < -0.39 is 18.1 Å². The number of likely N-dealkylation sites (N-methyl/N-ethyl adjacent to an activating group) is 1. The molecule has 1 aliphatic heterocycles. The van der Waals surface area contributed by atoms with Crippen LogP contribution < -0.4 is 0 Å². The molecular weight excluding hydrogens is 292 g/mol. The molecule has 21 heavy (non-hydrogen) atoms. The molecule has 2 heterocycles. The van der Waals surface area contributed by atoms with Gasteiger partial charge in [0, 0.05) is 37.4 Å². The summed E-state index contributed by atoms with van der Waals surface area (Å²) in [5, 5.41) is 20.8. The number of carbonyl (C=O) groups is 2. The highest BCUT2D eigenvalue weighted by molar-refractivity contribution is 7.09. The molecule has 1 aromatic rings. The van der Waals surface area contributed by atoms with Gasteiger partial charge in [0.15, 0.2) is 0 Å². The van der Waals surface area contributed by atoms with E-state index >= 15 is 0 Å². The number of amides is 2. The van der Waals surface area contributed by atoms with Crippen LogP contribution in [0.4, 0.5) is 4.79 Å². The zero-order valence-electron chi connectivity index (χ0n) is 12.1. The number of carboxylic acid groups (broad SMARTS) is 1. The van der Waals surface area contributed by atoms with Crippen molar-refractivity contribution in [1.82, 2.24) is 9.80 Å². The number of rotatable bonds is 4. The second-order valence-corrected chi connectivity index (χ2v) is 6.45. The van der Waals surface area contributed by atoms with Crippen LogP contribution in [0.25, 0.3) is 0 Å². The number of hydrogen-bond acceptors (Lipinski definition) is 4. The second-order valence-electron chi connectivity index (χ2n) is 5.42. The maximum absolute atomic E-state index is 12.5. The third kappa shape index (κ3) is 3.54. The summed E-state index contributed by atoms with van der Waals surface area (Å²) in [5.74, 6) is -1.07. The van der Waals surface area contributed by atoms with Gasteiger partial charge >= 0.3 is 12.0 Å². The Morgan fingerprint density at radius 2 is 2.29 bits per heavy atom. The standard InChI is InChI=1S/C14H20N2O4S/c1-9(6-11-4-3-5-21-11)15(2)14(20)16-8-10(17)7-12(16)13(18)19/h3-5,9-10,12,17H,6-8H2,1-2H3,(H,18,19)/t9?,10-,12-/m0/s1. The predicted molar refractivity (Wildman–Crippen MR) is 79.4 cm³/mol. The minimum atomic E-state index is -1.07. The monoisotopic (exact) mass is 312 g/mol. The van der Waals surface area contributed by atoms with Gasteiger partial charge in [0.05, 0.1) is 6.10 Å². The fourth-order valence-corrected chi connectivity index (χ4v) is 3.33. The Balaban J connectivity index is 2.02. The van der Waals surface area contributed by atoms with Crippen molar-refractivity contribution in [2.75, 3.05) is 13.6 Å². The molecular formula is C14H20N2O4S. The molecule has 3 atom stereocenters. The Morgan fingerprint density at radius 1 is 1.57 bits per heavy atom. The van der Waals surface area contributed by atoms with Gasteiger partial charge < -0.3 is 20.0 Å². The van der Waals surface area contributed by atoms with Crippen LogP contribution in [-0.2, 0) is 11.2 Å². The number of aliphatic hydroxyl groups is 1. The topological polar surface area (TPSA) is 81.1 Å². The molecule has 2 amide bonds. The Bertz CT molecular complexity index is 505. The molecule has 116 valence electrons. The number of β-amino-alcohol motifs (C(OH)–C–C–N with tert-alkyl or cyclic N) is 1. The fraction of sp³-hybridized carbons (Fsp3) is 0.571. The molecule has 2 rings (SSSR count). The number of carbonyl (C=O) groups excluding carboxylic acids is 1. The SMILES string of the molecule is CC(Cc1cccs1)N(C)C(=O)N1C[C@@H](O)C[C@H]1C(=O)O. The molecule has 0 aliphatic carbocycles. The van der Waals surface area contributed by atoms with E-state index in [2.05, 4.69) is 0 Å². The Kier molecular flexibility index (Phi) is 4.84. The molecule has 1 fully saturated rings. The van der Waals surface area contributed by atoms with Crippen LogP contribution in [-0.4, -0.2) is 63.8 Å². The third-order valence-corrected chi connectivity index (χ3v) is 4.75. The summed E-state index contributed by atoms with van der Waals surface area (Å²) in [6, 6.07) is 2.65. The van der Waals surface area contributed by atoms with Crippen molar-refractivity contribution in [2.45, 2.75) is 38.0 Å². The predicted octanol–water partition coefficient (Wildman–Crippen LogP) is 1.25. The maximum Gasteiger partial charge on any atom is 0.326 e. The van der Waals surface area contributed by atoms with Crippen LogP contribution in [0.2, 0.25) is 0 Å². The molecule has 1 unspecified atom stereocenters. The number of aliphatic carboxylic acids is 1. The van der Waals surface area contributed by atoms with Crippen molar-refractivity contribution in [2.24, 2.45) is 0 Å². The first-order valence-electron chi connectivity index (χ1n) is 6.86. The van der Waals surface area contributed by atoms with E-state index in [0.29, 0.717) is 0 Å². The lowest BCUT2D eigenvalue weighted by Crippen LogP contribution is -2.49. The van der Waals surface area contributed by atoms with Crippen LogP contribution in [0.5, 0.6) is 0 Å². The van der Waals surface area contributed by atoms with Gasteiger partial charge in [-0.25, -0.2) is 9.59 Å². The van der Waals surface area contributed by atoms with Crippen LogP contribution in [0, 0.1) is 0 Å². The third-order valence-electron chi connectivity index (χ3n) is 3.85. The first-order valence-corrected chi connectivity index (χ1v) is 7.74. The average molecular weight is 312 g/mol. The summed E-state index contributed by atoms with van der Waals surface area (Å²) in [6.45, 7) is 2.01. The fourth-order valence-electron chi connectivity index (χ4n) is 2.51. The molecule has 0 bridgehead atoms. The number of urea groups is 1. The van der Waals surface area contributed by atoms with E-state index in [1.807, 2.05) is 24.4 Å². The quantitative estimate of drug-likeness (QED) is 0.877. The van der Waals surface area contributed by atoms with E-state index in [9.17, 15) is 14.7 Å². The van der Waals surface area contributed by atoms with E-state index in [1.54, 1.807) is 23.3 Å². The number of carboxylic acids is 1. The van der Waals surface area contributed by atoms with Crippen LogP contribution in [0.3, 0.4) is 0 Å². The van der Waals surface area contributed by atoms with Gasteiger partial charge in [0.1, 0.15) is 6.04 Å². The maximum atomic E-state index is 12.5. The smallest absolute Gasteiger partial charge is 0.326 e. The summed E-state index contributed by atoms with van der Waals surface area (Å²) in [4.78, 5) is 27.6. The lowest BCUT2D eigenvalue weighted by atomic mass is 10.2. The van der Waals surface area contributed by atoms with Crippen molar-refractivity contribution >= 4 is 23.3 Å². The number of aliphatic hydroxyl groups excluding tert-OH is 1. The summed E-state index contributed by atoms with van der Waals surface area (Å²) in [6.07, 6.45) is 0.0541. The number of likely N-dealkylation sites (tertiary alicyclic amines) is 1. The molecule has 0 spiro atoms. The van der Waals surface area contributed by atoms with Crippen molar-refractivity contribution in [1.29, 1.82) is 0 Å². The first kappa shape index (κ1) is 15.8. The molecule has 1 aromatic heterocycles. The van der Waals surface area contributed by atoms with Crippen molar-refractivity contribution in [3.63, 3.8) is 0 Å². The Labute approximate surface area is 127 Å². The number of nitrogens with zero attached hydrogens (tertiary/aromatic N) is 2. The Morgan fingerprint density at radius 3 is 2.86 bits per heavy atom. The summed E-state index contributed by atoms with van der Waals surface area (Å²) in [5.41, 5.74) is 0. The summed E-state index contributed by atoms with van der Waals surface area (Å²) in [7, 11) is 1.67. The molecule has 2 N–H and O–H groups in total. The number of thiophene rings is 1. The Hall–Kier alpha value is -1.60. The van der Waals surface area contributed by atoms with Crippen molar-refractivity contribution in [3.8, 4) is 0 Å². The van der Waals surface area contributed by atoms with Gasteiger partial charge in [-0.05, 0) is 18.4 Å². The molecule has 0 radical (unpaired) electrons. The number of hydrogen-bond donors (Lipinski definition) is 2. The second kappa shape index (κ2) is 6.44. The van der Waals surface area contributed by atoms with Gasteiger partial charge in [0.25, 0.3) is 0 Å². The molecule has 1 saturated heterocycles. The van der Waals surface area contributed by atoms with Crippen molar-refractivity contribution in [3.05, 3.63) is 22.4 Å². The van der Waals surface area contributed by atoms with Crippen LogP contribution in [0.15, 0.2) is 17.5 Å². The molecule has 0 aromatic carbocycles. The highest BCUT2D eigenvalue weighted by Gasteiger charge is 2.40. The summed E-state index contributed by atoms with van der Waals surface area (Å²) >= 11 is 1.63. The molecule has 7 heteroatoms. The van der Waals surface area contributed by atoms with Gasteiger partial charge in [-0.15, -0.1) is 11.3 Å². The van der Waals surface area contributed by atoms with E-state index in [-0.39, 0.29) is 25.0 Å². The zero-order chi connectivity index (χ0) is 15.6. The lowest BCUT2D eigenvalue weighted by molar-refractivity contribution is -0.141. The summed E-state index contributed by atoms with van der Waals surface area (Å²) < 4.78 is 0. The highest BCUT2D eigenvalue weighted by Crippen LogP contribution is 2.21.